The molecule has 0 unspecified atom stereocenters. The maximum atomic E-state index is 12.2. The largest absolute Gasteiger partial charge is 0.478 e. The number of carboxylic acid groups (broad SMARTS) is 1. The number of ether oxygens (including phenoxy) is 1. The van der Waals surface area contributed by atoms with Crippen LogP contribution >= 0.6 is 11.3 Å². The lowest BCUT2D eigenvalue weighted by Gasteiger charge is -2.33. The second-order valence-electron chi connectivity index (χ2n) is 6.37. The Labute approximate surface area is 166 Å². The minimum atomic E-state index is -1.15. The summed E-state index contributed by atoms with van der Waals surface area (Å²) in [5, 5.41) is 14.1. The topological polar surface area (TPSA) is 109 Å². The molecule has 1 fully saturated rings. The van der Waals surface area contributed by atoms with Gasteiger partial charge in [-0.2, -0.15) is 0 Å². The number of piperidine rings is 1. The van der Waals surface area contributed by atoms with Gasteiger partial charge in [-0.05, 0) is 37.3 Å². The zero-order chi connectivity index (χ0) is 20.1. The molecule has 0 saturated carbocycles. The molecule has 148 valence electrons. The molecule has 1 atom stereocenters. The number of nitrogens with zero attached hydrogens (tertiary/aromatic N) is 2. The summed E-state index contributed by atoms with van der Waals surface area (Å²) in [5.41, 5.74) is 0.284. The zero-order valence-electron chi connectivity index (χ0n) is 15.4. The van der Waals surface area contributed by atoms with Crippen molar-refractivity contribution < 1.29 is 24.2 Å². The number of pyridine rings is 1. The van der Waals surface area contributed by atoms with E-state index in [1.54, 1.807) is 29.3 Å². The number of amides is 1. The van der Waals surface area contributed by atoms with Crippen LogP contribution in [-0.2, 0) is 9.53 Å². The van der Waals surface area contributed by atoms with Crippen LogP contribution in [0.1, 0.15) is 39.8 Å². The van der Waals surface area contributed by atoms with E-state index in [1.165, 1.54) is 23.6 Å². The predicted octanol–water partition coefficient (Wildman–Crippen LogP) is 2.87. The number of carbonyl (C=O) groups is 3. The fraction of sp³-hybridized carbons (Fsp3) is 0.368. The molecular formula is C19H21N3O5S. The number of nitrogens with one attached hydrogen (secondary N) is 1. The van der Waals surface area contributed by atoms with E-state index in [2.05, 4.69) is 10.3 Å². The number of anilines is 2. The molecule has 3 heterocycles. The molecule has 2 aromatic rings. The van der Waals surface area contributed by atoms with Gasteiger partial charge in [0.05, 0.1) is 29.3 Å². The second-order valence-corrected chi connectivity index (χ2v) is 7.32. The molecule has 0 aromatic carbocycles. The highest BCUT2D eigenvalue weighted by atomic mass is 32.1. The Bertz CT molecular complexity index is 868. The molecule has 1 aliphatic rings. The molecule has 8 nitrogen and oxygen atoms in total. The van der Waals surface area contributed by atoms with E-state index < -0.39 is 5.97 Å². The van der Waals surface area contributed by atoms with Crippen molar-refractivity contribution in [2.24, 2.45) is 5.92 Å². The van der Waals surface area contributed by atoms with Gasteiger partial charge in [-0.25, -0.2) is 9.78 Å². The first-order valence-electron chi connectivity index (χ1n) is 8.99. The van der Waals surface area contributed by atoms with E-state index in [0.717, 1.165) is 6.42 Å². The summed E-state index contributed by atoms with van der Waals surface area (Å²) in [7, 11) is 0. The number of carbonyl (C=O) groups excluding carboxylic acids is 2. The third kappa shape index (κ3) is 4.48. The molecule has 9 heteroatoms. The first-order valence-corrected chi connectivity index (χ1v) is 9.87. The summed E-state index contributed by atoms with van der Waals surface area (Å²) in [5.74, 6) is -1.76. The highest BCUT2D eigenvalue weighted by Gasteiger charge is 2.29. The minimum absolute atomic E-state index is 0.0199. The molecule has 0 spiro atoms. The van der Waals surface area contributed by atoms with Crippen LogP contribution in [0, 0.1) is 5.92 Å². The normalized spacial score (nSPS) is 16.5. The molecule has 1 aliphatic heterocycles. The first-order chi connectivity index (χ1) is 13.5. The SMILES string of the molecule is CCOC(=O)[C@H]1CCCN(c2ncc(NC(=O)c3cccs3)cc2C(=O)O)C1. The van der Waals surface area contributed by atoms with Crippen LogP contribution in [0.3, 0.4) is 0 Å². The average Bonchev–Trinajstić information content (AvgIpc) is 3.23. The van der Waals surface area contributed by atoms with Gasteiger partial charge < -0.3 is 20.1 Å². The van der Waals surface area contributed by atoms with Crippen LogP contribution in [0.2, 0.25) is 0 Å². The molecule has 3 rings (SSSR count). The van der Waals surface area contributed by atoms with Gasteiger partial charge in [0.25, 0.3) is 5.91 Å². The molecule has 1 saturated heterocycles. The van der Waals surface area contributed by atoms with Crippen molar-refractivity contribution in [1.82, 2.24) is 4.98 Å². The number of esters is 1. The van der Waals surface area contributed by atoms with Crippen molar-refractivity contribution in [2.75, 3.05) is 29.9 Å². The van der Waals surface area contributed by atoms with Crippen molar-refractivity contribution in [3.8, 4) is 0 Å². The molecule has 0 radical (unpaired) electrons. The molecule has 1 amide bonds. The number of hydrogen-bond acceptors (Lipinski definition) is 7. The maximum Gasteiger partial charge on any atom is 0.339 e. The molecular weight excluding hydrogens is 382 g/mol. The molecule has 0 aliphatic carbocycles. The lowest BCUT2D eigenvalue weighted by Crippen LogP contribution is -2.40. The zero-order valence-corrected chi connectivity index (χ0v) is 16.2. The lowest BCUT2D eigenvalue weighted by molar-refractivity contribution is -0.148. The van der Waals surface area contributed by atoms with Gasteiger partial charge in [-0.1, -0.05) is 6.07 Å². The number of aromatic nitrogens is 1. The van der Waals surface area contributed by atoms with E-state index in [1.807, 2.05) is 0 Å². The third-order valence-corrected chi connectivity index (χ3v) is 5.31. The van der Waals surface area contributed by atoms with Gasteiger partial charge in [-0.3, -0.25) is 9.59 Å². The summed E-state index contributed by atoms with van der Waals surface area (Å²) in [4.78, 5) is 42.6. The summed E-state index contributed by atoms with van der Waals surface area (Å²) >= 11 is 1.29. The Hall–Kier alpha value is -2.94. The molecule has 0 bridgehead atoms. The van der Waals surface area contributed by atoms with E-state index in [4.69, 9.17) is 4.74 Å². The van der Waals surface area contributed by atoms with Crippen LogP contribution in [0.15, 0.2) is 29.8 Å². The van der Waals surface area contributed by atoms with Gasteiger partial charge >= 0.3 is 11.9 Å². The van der Waals surface area contributed by atoms with Crippen molar-refractivity contribution >= 4 is 40.7 Å². The van der Waals surface area contributed by atoms with Crippen LogP contribution in [0.5, 0.6) is 0 Å². The summed E-state index contributed by atoms with van der Waals surface area (Å²) in [6.45, 7) is 3.02. The number of aromatic carboxylic acids is 1. The first kappa shape index (κ1) is 19.8. The Balaban J connectivity index is 1.80. The van der Waals surface area contributed by atoms with Gasteiger partial charge in [0, 0.05) is 13.1 Å². The number of hydrogen-bond donors (Lipinski definition) is 2. The van der Waals surface area contributed by atoms with Crippen LogP contribution in [-0.4, -0.2) is 47.6 Å². The van der Waals surface area contributed by atoms with Gasteiger partial charge in [0.15, 0.2) is 0 Å². The maximum absolute atomic E-state index is 12.2. The number of carboxylic acids is 1. The van der Waals surface area contributed by atoms with Crippen LogP contribution < -0.4 is 10.2 Å². The van der Waals surface area contributed by atoms with Gasteiger partial charge in [0.2, 0.25) is 0 Å². The number of rotatable bonds is 6. The van der Waals surface area contributed by atoms with Gasteiger partial charge in [0.1, 0.15) is 11.4 Å². The Kier molecular flexibility index (Phi) is 6.25. The second kappa shape index (κ2) is 8.83. The highest BCUT2D eigenvalue weighted by Crippen LogP contribution is 2.27. The fourth-order valence-corrected chi connectivity index (χ4v) is 3.78. The monoisotopic (exact) mass is 403 g/mol. The predicted molar refractivity (Wildman–Crippen MR) is 105 cm³/mol. The van der Waals surface area contributed by atoms with E-state index in [0.29, 0.717) is 36.7 Å². The van der Waals surface area contributed by atoms with Gasteiger partial charge in [-0.15, -0.1) is 11.3 Å². The number of thiophene rings is 1. The Morgan fingerprint density at radius 2 is 2.25 bits per heavy atom. The third-order valence-electron chi connectivity index (χ3n) is 4.44. The van der Waals surface area contributed by atoms with Crippen LogP contribution in [0.25, 0.3) is 0 Å². The van der Waals surface area contributed by atoms with Crippen molar-refractivity contribution in [3.63, 3.8) is 0 Å². The Morgan fingerprint density at radius 1 is 1.43 bits per heavy atom. The average molecular weight is 403 g/mol. The van der Waals surface area contributed by atoms with Crippen molar-refractivity contribution in [2.45, 2.75) is 19.8 Å². The summed E-state index contributed by atoms with van der Waals surface area (Å²) in [6.07, 6.45) is 2.87. The summed E-state index contributed by atoms with van der Waals surface area (Å²) < 4.78 is 5.09. The lowest BCUT2D eigenvalue weighted by atomic mass is 9.98. The summed E-state index contributed by atoms with van der Waals surface area (Å²) in [6, 6.07) is 4.84. The minimum Gasteiger partial charge on any atom is -0.478 e. The highest BCUT2D eigenvalue weighted by molar-refractivity contribution is 7.12. The quantitative estimate of drug-likeness (QED) is 0.714. The fourth-order valence-electron chi connectivity index (χ4n) is 3.16. The standard InChI is InChI=1S/C19H21N3O5S/c1-2-27-19(26)12-5-3-7-22(11-12)16-14(18(24)25)9-13(10-20-16)21-17(23)15-6-4-8-28-15/h4,6,8-10,12H,2-3,5,7,11H2,1H3,(H,21,23)(H,24,25)/t12-/m0/s1. The van der Waals surface area contributed by atoms with Crippen molar-refractivity contribution in [3.05, 3.63) is 40.2 Å². The molecule has 28 heavy (non-hydrogen) atoms. The van der Waals surface area contributed by atoms with Crippen LogP contribution in [0.4, 0.5) is 11.5 Å². The van der Waals surface area contributed by atoms with E-state index in [9.17, 15) is 19.5 Å². The molecule has 2 aromatic heterocycles. The van der Waals surface area contributed by atoms with E-state index >= 15 is 0 Å². The Morgan fingerprint density at radius 3 is 2.93 bits per heavy atom. The van der Waals surface area contributed by atoms with Crippen molar-refractivity contribution in [1.29, 1.82) is 0 Å². The molecule has 2 N–H and O–H groups in total. The van der Waals surface area contributed by atoms with E-state index in [-0.39, 0.29) is 29.2 Å². The smallest absolute Gasteiger partial charge is 0.339 e.